The number of hydrogen-bond donors (Lipinski definition) is 1. The third-order valence-corrected chi connectivity index (χ3v) is 1.90. The molecule has 1 aromatic rings. The van der Waals surface area contributed by atoms with Crippen molar-refractivity contribution in [2.75, 3.05) is 13.7 Å². The molecule has 0 aliphatic rings. The van der Waals surface area contributed by atoms with Crippen LogP contribution in [0.5, 0.6) is 5.75 Å². The fourth-order valence-corrected chi connectivity index (χ4v) is 1.06. The van der Waals surface area contributed by atoms with Crippen LogP contribution in [0.3, 0.4) is 0 Å². The van der Waals surface area contributed by atoms with Gasteiger partial charge in [0.2, 0.25) is 0 Å². The van der Waals surface area contributed by atoms with Crippen LogP contribution in [0.15, 0.2) is 24.3 Å². The topological polar surface area (TPSA) is 38.7 Å². The van der Waals surface area contributed by atoms with E-state index < -0.39 is 6.10 Å². The average Bonchev–Trinajstić information content (AvgIpc) is 2.29. The Kier molecular flexibility index (Phi) is 4.69. The van der Waals surface area contributed by atoms with Crippen molar-refractivity contribution < 1.29 is 14.6 Å². The molecular formula is C12H14O3. The van der Waals surface area contributed by atoms with E-state index in [0.29, 0.717) is 6.61 Å². The van der Waals surface area contributed by atoms with E-state index in [4.69, 9.17) is 21.0 Å². The molecule has 3 heteroatoms. The van der Waals surface area contributed by atoms with Gasteiger partial charge in [-0.3, -0.25) is 0 Å². The lowest BCUT2D eigenvalue weighted by molar-refractivity contribution is 0.0544. The highest BCUT2D eigenvalue weighted by Gasteiger charge is 1.99. The molecule has 0 bridgehead atoms. The second-order valence-electron chi connectivity index (χ2n) is 3.05. The van der Waals surface area contributed by atoms with Crippen molar-refractivity contribution >= 4 is 0 Å². The molecule has 0 heterocycles. The average molecular weight is 206 g/mol. The normalized spacial score (nSPS) is 11.8. The van der Waals surface area contributed by atoms with E-state index in [2.05, 4.69) is 5.92 Å². The first kappa shape index (κ1) is 11.6. The Morgan fingerprint density at radius 1 is 1.40 bits per heavy atom. The van der Waals surface area contributed by atoms with Gasteiger partial charge in [-0.2, -0.15) is 0 Å². The number of rotatable bonds is 5. The molecule has 1 aromatic carbocycles. The molecule has 0 fully saturated rings. The van der Waals surface area contributed by atoms with Crippen LogP contribution in [-0.4, -0.2) is 24.9 Å². The maximum atomic E-state index is 9.04. The van der Waals surface area contributed by atoms with E-state index >= 15 is 0 Å². The van der Waals surface area contributed by atoms with Crippen LogP contribution in [0.1, 0.15) is 5.56 Å². The Morgan fingerprint density at radius 3 is 2.60 bits per heavy atom. The van der Waals surface area contributed by atoms with Gasteiger partial charge >= 0.3 is 0 Å². The maximum Gasteiger partial charge on any atom is 0.137 e. The largest absolute Gasteiger partial charge is 0.497 e. The zero-order valence-electron chi connectivity index (χ0n) is 8.64. The molecule has 0 amide bonds. The van der Waals surface area contributed by atoms with Crippen molar-refractivity contribution in [1.82, 2.24) is 0 Å². The van der Waals surface area contributed by atoms with Crippen LogP contribution in [0.25, 0.3) is 0 Å². The van der Waals surface area contributed by atoms with E-state index in [1.807, 2.05) is 24.3 Å². The van der Waals surface area contributed by atoms with Gasteiger partial charge in [0, 0.05) is 0 Å². The minimum atomic E-state index is -0.830. The first-order valence-corrected chi connectivity index (χ1v) is 4.61. The van der Waals surface area contributed by atoms with Gasteiger partial charge in [0.15, 0.2) is 0 Å². The van der Waals surface area contributed by atoms with E-state index in [0.717, 1.165) is 11.3 Å². The van der Waals surface area contributed by atoms with Gasteiger partial charge in [0.25, 0.3) is 0 Å². The molecule has 0 unspecified atom stereocenters. The Balaban J connectivity index is 2.35. The predicted molar refractivity (Wildman–Crippen MR) is 57.5 cm³/mol. The van der Waals surface area contributed by atoms with Crippen LogP contribution in [0.2, 0.25) is 0 Å². The quantitative estimate of drug-likeness (QED) is 0.736. The number of methoxy groups -OCH3 is 1. The lowest BCUT2D eigenvalue weighted by atomic mass is 10.2. The summed E-state index contributed by atoms with van der Waals surface area (Å²) in [4.78, 5) is 0. The molecule has 0 aromatic heterocycles. The van der Waals surface area contributed by atoms with Crippen molar-refractivity contribution in [3.05, 3.63) is 29.8 Å². The molecule has 0 saturated carbocycles. The summed E-state index contributed by atoms with van der Waals surface area (Å²) in [5.74, 6) is 2.99. The molecule has 0 saturated heterocycles. The van der Waals surface area contributed by atoms with Crippen LogP contribution >= 0.6 is 0 Å². The van der Waals surface area contributed by atoms with Crippen LogP contribution in [-0.2, 0) is 11.3 Å². The van der Waals surface area contributed by atoms with Gasteiger partial charge in [-0.25, -0.2) is 0 Å². The van der Waals surface area contributed by atoms with Gasteiger partial charge in [0.1, 0.15) is 11.9 Å². The zero-order valence-corrected chi connectivity index (χ0v) is 8.64. The number of aliphatic hydroxyl groups is 1. The molecular weight excluding hydrogens is 192 g/mol. The van der Waals surface area contributed by atoms with Crippen molar-refractivity contribution in [2.24, 2.45) is 0 Å². The van der Waals surface area contributed by atoms with Gasteiger partial charge < -0.3 is 14.6 Å². The summed E-state index contributed by atoms with van der Waals surface area (Å²) < 4.78 is 10.2. The van der Waals surface area contributed by atoms with Crippen molar-refractivity contribution in [1.29, 1.82) is 0 Å². The first-order chi connectivity index (χ1) is 7.26. The Hall–Kier alpha value is -1.50. The highest BCUT2D eigenvalue weighted by molar-refractivity contribution is 5.26. The molecule has 1 N–H and O–H groups in total. The first-order valence-electron chi connectivity index (χ1n) is 4.61. The summed E-state index contributed by atoms with van der Waals surface area (Å²) >= 11 is 0. The fraction of sp³-hybridized carbons (Fsp3) is 0.333. The number of terminal acetylenes is 1. The highest BCUT2D eigenvalue weighted by Crippen LogP contribution is 2.11. The Morgan fingerprint density at radius 2 is 2.07 bits per heavy atom. The summed E-state index contributed by atoms with van der Waals surface area (Å²) in [6, 6.07) is 7.52. The molecule has 80 valence electrons. The molecule has 0 radical (unpaired) electrons. The minimum absolute atomic E-state index is 0.155. The van der Waals surface area contributed by atoms with E-state index in [-0.39, 0.29) is 6.61 Å². The van der Waals surface area contributed by atoms with Gasteiger partial charge in [-0.05, 0) is 17.7 Å². The van der Waals surface area contributed by atoms with E-state index in [1.165, 1.54) is 0 Å². The Labute approximate surface area is 89.6 Å². The Bertz CT molecular complexity index is 324. The lowest BCUT2D eigenvalue weighted by Gasteiger charge is -2.06. The molecule has 0 spiro atoms. The molecule has 0 aliphatic heterocycles. The third kappa shape index (κ3) is 4.03. The number of aliphatic hydroxyl groups excluding tert-OH is 1. The molecule has 3 nitrogen and oxygen atoms in total. The smallest absolute Gasteiger partial charge is 0.137 e. The number of ether oxygens (including phenoxy) is 2. The lowest BCUT2D eigenvalue weighted by Crippen LogP contribution is -2.12. The van der Waals surface area contributed by atoms with E-state index in [1.54, 1.807) is 7.11 Å². The number of hydrogen-bond acceptors (Lipinski definition) is 3. The standard InChI is InChI=1S/C12H14O3/c1-3-11(13)9-15-8-10-4-6-12(14-2)7-5-10/h1,4-7,11,13H,8-9H2,2H3/t11-/m0/s1. The molecule has 15 heavy (non-hydrogen) atoms. The SMILES string of the molecule is C#C[C@H](O)COCc1ccc(OC)cc1. The van der Waals surface area contributed by atoms with Crippen LogP contribution in [0.4, 0.5) is 0 Å². The zero-order chi connectivity index (χ0) is 11.1. The second-order valence-corrected chi connectivity index (χ2v) is 3.05. The molecule has 1 atom stereocenters. The highest BCUT2D eigenvalue weighted by atomic mass is 16.5. The monoisotopic (exact) mass is 206 g/mol. The van der Waals surface area contributed by atoms with E-state index in [9.17, 15) is 0 Å². The van der Waals surface area contributed by atoms with Crippen molar-refractivity contribution in [2.45, 2.75) is 12.7 Å². The maximum absolute atomic E-state index is 9.04. The summed E-state index contributed by atoms with van der Waals surface area (Å²) in [6.45, 7) is 0.589. The van der Waals surface area contributed by atoms with Gasteiger partial charge in [-0.1, -0.05) is 18.1 Å². The summed E-state index contributed by atoms with van der Waals surface area (Å²) in [7, 11) is 1.62. The summed E-state index contributed by atoms with van der Waals surface area (Å²) in [6.07, 6.45) is 4.16. The van der Waals surface area contributed by atoms with Gasteiger partial charge in [-0.15, -0.1) is 6.42 Å². The fourth-order valence-electron chi connectivity index (χ4n) is 1.06. The van der Waals surface area contributed by atoms with Gasteiger partial charge in [0.05, 0.1) is 20.3 Å². The van der Waals surface area contributed by atoms with Crippen molar-refractivity contribution in [3.8, 4) is 18.1 Å². The van der Waals surface area contributed by atoms with Crippen LogP contribution < -0.4 is 4.74 Å². The second kappa shape index (κ2) is 6.07. The molecule has 0 aliphatic carbocycles. The minimum Gasteiger partial charge on any atom is -0.497 e. The third-order valence-electron chi connectivity index (χ3n) is 1.90. The summed E-state index contributed by atoms with van der Waals surface area (Å²) in [5.41, 5.74) is 1.01. The van der Waals surface area contributed by atoms with Crippen molar-refractivity contribution in [3.63, 3.8) is 0 Å². The molecule has 1 rings (SSSR count). The van der Waals surface area contributed by atoms with Crippen LogP contribution in [0, 0.1) is 12.3 Å². The predicted octanol–water partition coefficient (Wildman–Crippen LogP) is 1.21. The number of benzene rings is 1. The summed E-state index contributed by atoms with van der Waals surface area (Å²) in [5, 5.41) is 9.04.